The molecule has 2 unspecified atom stereocenters. The van der Waals surface area contributed by atoms with Gasteiger partial charge in [-0.15, -0.1) is 0 Å². The summed E-state index contributed by atoms with van der Waals surface area (Å²) >= 11 is 0. The molecular formula is C25H34N4O5S. The summed E-state index contributed by atoms with van der Waals surface area (Å²) in [5, 5.41) is 4.04. The predicted molar refractivity (Wildman–Crippen MR) is 133 cm³/mol. The molecule has 2 atom stereocenters. The van der Waals surface area contributed by atoms with Crippen LogP contribution in [0.25, 0.3) is 17.2 Å². The molecule has 1 saturated carbocycles. The zero-order valence-corrected chi connectivity index (χ0v) is 21.4. The Labute approximate surface area is 206 Å². The van der Waals surface area contributed by atoms with Crippen molar-refractivity contribution in [2.24, 2.45) is 0 Å². The van der Waals surface area contributed by atoms with Gasteiger partial charge < -0.3 is 24.6 Å². The van der Waals surface area contributed by atoms with E-state index in [1.807, 2.05) is 26.8 Å². The lowest BCUT2D eigenvalue weighted by molar-refractivity contribution is 0.0512. The van der Waals surface area contributed by atoms with E-state index in [0.29, 0.717) is 41.5 Å². The van der Waals surface area contributed by atoms with E-state index in [4.69, 9.17) is 19.7 Å². The minimum absolute atomic E-state index is 0.0636. The first-order valence-corrected chi connectivity index (χ1v) is 13.8. The SMILES string of the molecule is Cc1noc(C)c1-c1cc(N)c(/C=C(\C2OC2C)N2CCOCC2)c(S(=O)(=O)NC2CCCC2)c1. The molecule has 3 fully saturated rings. The molecule has 0 radical (unpaired) electrons. The Balaban J connectivity index is 1.65. The van der Waals surface area contributed by atoms with Crippen molar-refractivity contribution < 1.29 is 22.4 Å². The van der Waals surface area contributed by atoms with Crippen molar-refractivity contribution in [2.45, 2.75) is 69.6 Å². The second kappa shape index (κ2) is 9.57. The lowest BCUT2D eigenvalue weighted by Crippen LogP contribution is -2.37. The van der Waals surface area contributed by atoms with Crippen LogP contribution in [0, 0.1) is 13.8 Å². The molecule has 2 aromatic rings. The minimum Gasteiger partial charge on any atom is -0.398 e. The van der Waals surface area contributed by atoms with Gasteiger partial charge in [0.1, 0.15) is 11.9 Å². The molecule has 2 aliphatic heterocycles. The van der Waals surface area contributed by atoms with Crippen molar-refractivity contribution in [1.82, 2.24) is 14.8 Å². The Morgan fingerprint density at radius 3 is 2.49 bits per heavy atom. The minimum atomic E-state index is -3.84. The Hall–Kier alpha value is -2.40. The topological polar surface area (TPSA) is 123 Å². The van der Waals surface area contributed by atoms with E-state index in [0.717, 1.165) is 50.0 Å². The van der Waals surface area contributed by atoms with Gasteiger partial charge in [0.25, 0.3) is 0 Å². The fourth-order valence-electron chi connectivity index (χ4n) is 5.21. The van der Waals surface area contributed by atoms with Crippen LogP contribution in [0.4, 0.5) is 5.69 Å². The van der Waals surface area contributed by atoms with Gasteiger partial charge >= 0.3 is 0 Å². The van der Waals surface area contributed by atoms with Crippen LogP contribution in [0.3, 0.4) is 0 Å². The van der Waals surface area contributed by atoms with Crippen LogP contribution >= 0.6 is 0 Å². The molecule has 0 bridgehead atoms. The van der Waals surface area contributed by atoms with Crippen LogP contribution in [0.2, 0.25) is 0 Å². The number of morpholine rings is 1. The lowest BCUT2D eigenvalue weighted by Gasteiger charge is -2.31. The van der Waals surface area contributed by atoms with E-state index < -0.39 is 10.0 Å². The molecule has 3 aliphatic rings. The Morgan fingerprint density at radius 2 is 1.89 bits per heavy atom. The Kier molecular flexibility index (Phi) is 6.65. The number of nitrogen functional groups attached to an aromatic ring is 1. The number of nitrogens with one attached hydrogen (secondary N) is 1. The molecule has 2 saturated heterocycles. The second-order valence-corrected chi connectivity index (χ2v) is 11.4. The highest BCUT2D eigenvalue weighted by atomic mass is 32.2. The molecule has 1 aromatic heterocycles. The van der Waals surface area contributed by atoms with Crippen molar-refractivity contribution in [1.29, 1.82) is 0 Å². The third kappa shape index (κ3) is 4.97. The van der Waals surface area contributed by atoms with E-state index in [9.17, 15) is 8.42 Å². The maximum absolute atomic E-state index is 13.8. The predicted octanol–water partition coefficient (Wildman–Crippen LogP) is 3.22. The number of anilines is 1. The number of aromatic nitrogens is 1. The van der Waals surface area contributed by atoms with Gasteiger partial charge in [-0.05, 0) is 57.4 Å². The largest absolute Gasteiger partial charge is 0.398 e. The van der Waals surface area contributed by atoms with E-state index in [1.165, 1.54) is 0 Å². The molecule has 35 heavy (non-hydrogen) atoms. The van der Waals surface area contributed by atoms with Crippen molar-refractivity contribution in [3.05, 3.63) is 34.8 Å². The number of hydrogen-bond acceptors (Lipinski definition) is 8. The number of hydrogen-bond donors (Lipinski definition) is 2. The number of sulfonamides is 1. The summed E-state index contributed by atoms with van der Waals surface area (Å²) < 4.78 is 47.1. The molecule has 3 heterocycles. The highest BCUT2D eigenvalue weighted by molar-refractivity contribution is 7.89. The van der Waals surface area contributed by atoms with E-state index in [1.54, 1.807) is 12.1 Å². The van der Waals surface area contributed by atoms with Gasteiger partial charge in [0.15, 0.2) is 0 Å². The quantitative estimate of drug-likeness (QED) is 0.437. The molecule has 10 heteroatoms. The molecule has 3 N–H and O–H groups in total. The van der Waals surface area contributed by atoms with Crippen molar-refractivity contribution in [3.8, 4) is 11.1 Å². The third-order valence-corrected chi connectivity index (χ3v) is 8.69. The Morgan fingerprint density at radius 1 is 1.20 bits per heavy atom. The molecule has 1 aromatic carbocycles. The van der Waals surface area contributed by atoms with Crippen LogP contribution in [0.1, 0.15) is 49.6 Å². The number of nitrogens with two attached hydrogens (primary N) is 1. The average molecular weight is 503 g/mol. The summed E-state index contributed by atoms with van der Waals surface area (Å²) in [6.07, 6.45) is 5.62. The first-order chi connectivity index (χ1) is 16.7. The van der Waals surface area contributed by atoms with Crippen LogP contribution in [-0.4, -0.2) is 63.0 Å². The maximum atomic E-state index is 13.8. The zero-order valence-electron chi connectivity index (χ0n) is 20.5. The normalized spacial score (nSPS) is 23.7. The van der Waals surface area contributed by atoms with Crippen molar-refractivity contribution >= 4 is 21.8 Å². The molecule has 0 amide bonds. The molecule has 9 nitrogen and oxygen atoms in total. The van der Waals surface area contributed by atoms with Crippen molar-refractivity contribution in [2.75, 3.05) is 32.0 Å². The summed E-state index contributed by atoms with van der Waals surface area (Å²) in [5.41, 5.74) is 10.5. The summed E-state index contributed by atoms with van der Waals surface area (Å²) in [5.74, 6) is 0.617. The average Bonchev–Trinajstić information content (AvgIpc) is 3.16. The summed E-state index contributed by atoms with van der Waals surface area (Å²) in [6.45, 7) is 8.34. The first kappa shape index (κ1) is 24.3. The first-order valence-electron chi connectivity index (χ1n) is 12.3. The van der Waals surface area contributed by atoms with E-state index >= 15 is 0 Å². The molecule has 190 valence electrons. The van der Waals surface area contributed by atoms with Crippen molar-refractivity contribution in [3.63, 3.8) is 0 Å². The molecule has 5 rings (SSSR count). The lowest BCUT2D eigenvalue weighted by atomic mass is 10.00. The summed E-state index contributed by atoms with van der Waals surface area (Å²) in [7, 11) is -3.84. The van der Waals surface area contributed by atoms with Gasteiger partial charge in [-0.25, -0.2) is 13.1 Å². The van der Waals surface area contributed by atoms with Crippen LogP contribution in [0.5, 0.6) is 0 Å². The number of aryl methyl sites for hydroxylation is 2. The number of ether oxygens (including phenoxy) is 2. The van der Waals surface area contributed by atoms with Gasteiger partial charge in [-0.2, -0.15) is 0 Å². The van der Waals surface area contributed by atoms with Gasteiger partial charge in [0, 0.05) is 41.6 Å². The van der Waals surface area contributed by atoms with Gasteiger partial charge in [0.05, 0.1) is 29.9 Å². The number of rotatable bonds is 7. The Bertz CT molecular complexity index is 1210. The number of nitrogens with zero attached hydrogens (tertiary/aromatic N) is 2. The monoisotopic (exact) mass is 502 g/mol. The molecular weight excluding hydrogens is 468 g/mol. The second-order valence-electron chi connectivity index (χ2n) is 9.71. The standard InChI is InChI=1S/C25H34N4O5S/c1-15-24(16(2)34-27-15)18-12-21(26)20(23(13-18)35(30,31)28-19-6-4-5-7-19)14-22(25-17(3)33-25)29-8-10-32-11-9-29/h12-14,17,19,25,28H,4-11,26H2,1-3H3/b22-14+. The van der Waals surface area contributed by atoms with E-state index in [2.05, 4.69) is 14.8 Å². The van der Waals surface area contributed by atoms with Gasteiger partial charge in [-0.1, -0.05) is 18.0 Å². The fraction of sp³-hybridized carbons (Fsp3) is 0.560. The smallest absolute Gasteiger partial charge is 0.241 e. The highest BCUT2D eigenvalue weighted by Gasteiger charge is 2.41. The van der Waals surface area contributed by atoms with Gasteiger partial charge in [0.2, 0.25) is 10.0 Å². The number of epoxide rings is 1. The highest BCUT2D eigenvalue weighted by Crippen LogP contribution is 2.38. The number of benzene rings is 1. The summed E-state index contributed by atoms with van der Waals surface area (Å²) in [6, 6.07) is 3.44. The fourth-order valence-corrected chi connectivity index (χ4v) is 6.76. The molecule has 1 aliphatic carbocycles. The molecule has 0 spiro atoms. The maximum Gasteiger partial charge on any atom is 0.241 e. The van der Waals surface area contributed by atoms with Gasteiger partial charge in [-0.3, -0.25) is 0 Å². The third-order valence-electron chi connectivity index (χ3n) is 7.13. The van der Waals surface area contributed by atoms with Crippen LogP contribution < -0.4 is 10.5 Å². The zero-order chi connectivity index (χ0) is 24.7. The summed E-state index contributed by atoms with van der Waals surface area (Å²) in [4.78, 5) is 2.37. The van der Waals surface area contributed by atoms with E-state index in [-0.39, 0.29) is 23.1 Å². The van der Waals surface area contributed by atoms with Crippen LogP contribution in [-0.2, 0) is 19.5 Å². The van der Waals surface area contributed by atoms with Crippen LogP contribution in [0.15, 0.2) is 27.2 Å².